The molecule has 0 N–H and O–H groups in total. The number of fused-ring (bicyclic) bond motifs is 1. The third kappa shape index (κ3) is 4.73. The molecule has 0 radical (unpaired) electrons. The van der Waals surface area contributed by atoms with Crippen molar-refractivity contribution in [2.24, 2.45) is 5.92 Å². The van der Waals surface area contributed by atoms with Crippen molar-refractivity contribution in [3.63, 3.8) is 0 Å². The molecule has 2 aromatic carbocycles. The molecule has 0 saturated heterocycles. The van der Waals surface area contributed by atoms with Crippen molar-refractivity contribution in [2.75, 3.05) is 6.61 Å². The van der Waals surface area contributed by atoms with Gasteiger partial charge in [-0.2, -0.15) is 0 Å². The summed E-state index contributed by atoms with van der Waals surface area (Å²) in [7, 11) is 0. The van der Waals surface area contributed by atoms with Crippen LogP contribution in [0.5, 0.6) is 0 Å². The summed E-state index contributed by atoms with van der Waals surface area (Å²) in [4.78, 5) is 0. The Morgan fingerprint density at radius 2 is 1.77 bits per heavy atom. The van der Waals surface area contributed by atoms with Gasteiger partial charge in [-0.3, -0.25) is 0 Å². The van der Waals surface area contributed by atoms with E-state index in [-0.39, 0.29) is 0 Å². The Kier molecular flexibility index (Phi) is 6.84. The van der Waals surface area contributed by atoms with Gasteiger partial charge in [-0.1, -0.05) is 75.6 Å². The van der Waals surface area contributed by atoms with Crippen LogP contribution >= 0.6 is 0 Å². The number of rotatable bonds is 10. The Hall–Kier alpha value is -2.13. The van der Waals surface area contributed by atoms with Crippen molar-refractivity contribution in [1.82, 2.24) is 4.57 Å². The zero-order valence-electron chi connectivity index (χ0n) is 16.1. The SMILES string of the molecule is CCCCC(CC)COCn1c[n+](Cc2ccccc2)c2ccccc21. The first-order valence-electron chi connectivity index (χ1n) is 9.90. The smallest absolute Gasteiger partial charge is 0.246 e. The minimum Gasteiger partial charge on any atom is -0.341 e. The fourth-order valence-corrected chi connectivity index (χ4v) is 3.47. The average molecular weight is 352 g/mol. The van der Waals surface area contributed by atoms with Crippen LogP contribution in [-0.4, -0.2) is 11.2 Å². The van der Waals surface area contributed by atoms with Crippen molar-refractivity contribution >= 4 is 11.0 Å². The summed E-state index contributed by atoms with van der Waals surface area (Å²) in [6, 6.07) is 19.2. The molecule has 0 fully saturated rings. The highest BCUT2D eigenvalue weighted by atomic mass is 16.5. The van der Waals surface area contributed by atoms with Gasteiger partial charge in [0.2, 0.25) is 6.33 Å². The lowest BCUT2D eigenvalue weighted by atomic mass is 10.0. The van der Waals surface area contributed by atoms with Crippen LogP contribution in [0, 0.1) is 5.92 Å². The van der Waals surface area contributed by atoms with Crippen LogP contribution in [0.1, 0.15) is 45.1 Å². The second kappa shape index (κ2) is 9.54. The molecule has 3 aromatic rings. The fraction of sp³-hybridized carbons (Fsp3) is 0.435. The molecule has 1 unspecified atom stereocenters. The maximum Gasteiger partial charge on any atom is 0.246 e. The second-order valence-corrected chi connectivity index (χ2v) is 7.10. The van der Waals surface area contributed by atoms with Gasteiger partial charge >= 0.3 is 0 Å². The van der Waals surface area contributed by atoms with Gasteiger partial charge in [0.15, 0.2) is 17.8 Å². The zero-order chi connectivity index (χ0) is 18.2. The molecule has 0 aliphatic rings. The quantitative estimate of drug-likeness (QED) is 0.461. The molecular formula is C23H31N2O+. The van der Waals surface area contributed by atoms with E-state index in [0.29, 0.717) is 12.6 Å². The molecule has 0 aliphatic heterocycles. The number of unbranched alkanes of at least 4 members (excludes halogenated alkanes) is 1. The molecular weight excluding hydrogens is 320 g/mol. The van der Waals surface area contributed by atoms with Crippen LogP contribution in [0.25, 0.3) is 11.0 Å². The molecule has 138 valence electrons. The van der Waals surface area contributed by atoms with E-state index in [1.54, 1.807) is 0 Å². The first-order valence-corrected chi connectivity index (χ1v) is 9.90. The van der Waals surface area contributed by atoms with Gasteiger partial charge in [0.05, 0.1) is 6.61 Å². The van der Waals surface area contributed by atoms with Crippen LogP contribution in [0.3, 0.4) is 0 Å². The number of benzene rings is 2. The number of imidazole rings is 1. The van der Waals surface area contributed by atoms with E-state index in [2.05, 4.69) is 83.9 Å². The van der Waals surface area contributed by atoms with Gasteiger partial charge < -0.3 is 4.74 Å². The van der Waals surface area contributed by atoms with Crippen LogP contribution in [-0.2, 0) is 18.0 Å². The zero-order valence-corrected chi connectivity index (χ0v) is 16.1. The van der Waals surface area contributed by atoms with Gasteiger partial charge in [0.1, 0.15) is 6.54 Å². The van der Waals surface area contributed by atoms with E-state index in [4.69, 9.17) is 4.74 Å². The van der Waals surface area contributed by atoms with Gasteiger partial charge in [-0.25, -0.2) is 9.13 Å². The number of nitrogens with zero attached hydrogens (tertiary/aromatic N) is 2. The Bertz CT molecular complexity index is 794. The molecule has 3 rings (SSSR count). The van der Waals surface area contributed by atoms with E-state index in [1.807, 2.05) is 0 Å². The average Bonchev–Trinajstić information content (AvgIpc) is 3.03. The number of hydrogen-bond acceptors (Lipinski definition) is 1. The van der Waals surface area contributed by atoms with Crippen molar-refractivity contribution in [3.05, 3.63) is 66.5 Å². The molecule has 3 nitrogen and oxygen atoms in total. The number of aromatic nitrogens is 2. The molecule has 3 heteroatoms. The molecule has 1 aromatic heterocycles. The Labute approximate surface area is 157 Å². The molecule has 0 bridgehead atoms. The van der Waals surface area contributed by atoms with Crippen LogP contribution in [0.4, 0.5) is 0 Å². The van der Waals surface area contributed by atoms with Crippen molar-refractivity contribution in [2.45, 2.75) is 52.8 Å². The third-order valence-corrected chi connectivity index (χ3v) is 5.10. The minimum absolute atomic E-state index is 0.616. The lowest BCUT2D eigenvalue weighted by Crippen LogP contribution is -2.32. The lowest BCUT2D eigenvalue weighted by Gasteiger charge is -2.13. The molecule has 1 atom stereocenters. The maximum absolute atomic E-state index is 6.09. The largest absolute Gasteiger partial charge is 0.341 e. The Morgan fingerprint density at radius 3 is 2.54 bits per heavy atom. The van der Waals surface area contributed by atoms with E-state index < -0.39 is 0 Å². The predicted octanol–water partition coefficient (Wildman–Crippen LogP) is 5.17. The summed E-state index contributed by atoms with van der Waals surface area (Å²) in [5, 5.41) is 0. The number of hydrogen-bond donors (Lipinski definition) is 0. The Morgan fingerprint density at radius 1 is 1.00 bits per heavy atom. The molecule has 26 heavy (non-hydrogen) atoms. The molecule has 0 saturated carbocycles. The van der Waals surface area contributed by atoms with Crippen molar-refractivity contribution in [1.29, 1.82) is 0 Å². The number of para-hydroxylation sites is 2. The first kappa shape index (κ1) is 18.7. The van der Waals surface area contributed by atoms with Crippen molar-refractivity contribution < 1.29 is 9.30 Å². The summed E-state index contributed by atoms with van der Waals surface area (Å²) in [6.07, 6.45) is 7.21. The number of ether oxygens (including phenoxy) is 1. The van der Waals surface area contributed by atoms with Crippen LogP contribution < -0.4 is 4.57 Å². The van der Waals surface area contributed by atoms with E-state index >= 15 is 0 Å². The van der Waals surface area contributed by atoms with Crippen LogP contribution in [0.15, 0.2) is 60.9 Å². The van der Waals surface area contributed by atoms with Crippen molar-refractivity contribution in [3.8, 4) is 0 Å². The second-order valence-electron chi connectivity index (χ2n) is 7.10. The third-order valence-electron chi connectivity index (χ3n) is 5.10. The summed E-state index contributed by atoms with van der Waals surface area (Å²) in [5.41, 5.74) is 3.79. The summed E-state index contributed by atoms with van der Waals surface area (Å²) >= 11 is 0. The van der Waals surface area contributed by atoms with Gasteiger partial charge in [0.25, 0.3) is 0 Å². The summed E-state index contributed by atoms with van der Waals surface area (Å²) < 4.78 is 10.6. The minimum atomic E-state index is 0.616. The van der Waals surface area contributed by atoms with Gasteiger partial charge in [-0.05, 0) is 30.0 Å². The standard InChI is InChI=1S/C23H31N2O/c1-3-5-11-20(4-2)17-26-19-25-18-24(16-21-12-7-6-8-13-21)22-14-9-10-15-23(22)25/h6-10,12-15,18,20H,3-5,11,16-17,19H2,1-2H3/q+1. The molecule has 1 heterocycles. The van der Waals surface area contributed by atoms with Gasteiger partial charge in [-0.15, -0.1) is 0 Å². The summed E-state index contributed by atoms with van der Waals surface area (Å²) in [5.74, 6) is 0.674. The topological polar surface area (TPSA) is 18.0 Å². The van der Waals surface area contributed by atoms with E-state index in [9.17, 15) is 0 Å². The maximum atomic E-state index is 6.09. The predicted molar refractivity (Wildman–Crippen MR) is 107 cm³/mol. The fourth-order valence-electron chi connectivity index (χ4n) is 3.47. The Balaban J connectivity index is 1.70. The molecule has 0 aliphatic carbocycles. The normalized spacial score (nSPS) is 12.5. The highest BCUT2D eigenvalue weighted by Crippen LogP contribution is 2.15. The highest BCUT2D eigenvalue weighted by Gasteiger charge is 2.16. The monoisotopic (exact) mass is 351 g/mol. The lowest BCUT2D eigenvalue weighted by molar-refractivity contribution is -0.663. The summed E-state index contributed by atoms with van der Waals surface area (Å²) in [6.45, 7) is 6.86. The first-order chi connectivity index (χ1) is 12.8. The van der Waals surface area contributed by atoms with E-state index in [1.165, 1.54) is 42.3 Å². The highest BCUT2D eigenvalue weighted by molar-refractivity contribution is 5.71. The van der Waals surface area contributed by atoms with Gasteiger partial charge in [0, 0.05) is 0 Å². The van der Waals surface area contributed by atoms with Crippen LogP contribution in [0.2, 0.25) is 0 Å². The van der Waals surface area contributed by atoms with E-state index in [0.717, 1.165) is 13.2 Å². The molecule has 0 amide bonds. The molecule has 0 spiro atoms.